The highest BCUT2D eigenvalue weighted by molar-refractivity contribution is 5.70. The Bertz CT molecular complexity index is 525. The molecular formula is C18H25NO3. The molecule has 2 aliphatic heterocycles. The highest BCUT2D eigenvalue weighted by Gasteiger charge is 2.32. The second-order valence-corrected chi connectivity index (χ2v) is 6.69. The fourth-order valence-electron chi connectivity index (χ4n) is 3.73. The van der Waals surface area contributed by atoms with E-state index >= 15 is 0 Å². The first kappa shape index (κ1) is 15.3. The summed E-state index contributed by atoms with van der Waals surface area (Å²) in [4.78, 5) is 13.6. The molecule has 2 heterocycles. The van der Waals surface area contributed by atoms with Crippen molar-refractivity contribution in [2.24, 2.45) is 11.8 Å². The molecule has 1 aromatic rings. The third kappa shape index (κ3) is 3.27. The van der Waals surface area contributed by atoms with E-state index in [0.29, 0.717) is 11.8 Å². The van der Waals surface area contributed by atoms with Crippen molar-refractivity contribution in [1.29, 1.82) is 0 Å². The molecule has 120 valence electrons. The molecule has 1 saturated heterocycles. The van der Waals surface area contributed by atoms with Crippen LogP contribution in [0.5, 0.6) is 0 Å². The average molecular weight is 303 g/mol. The number of rotatable bonds is 5. The van der Waals surface area contributed by atoms with Crippen molar-refractivity contribution in [2.45, 2.75) is 32.1 Å². The van der Waals surface area contributed by atoms with E-state index in [1.165, 1.54) is 11.3 Å². The summed E-state index contributed by atoms with van der Waals surface area (Å²) in [6, 6.07) is 8.49. The van der Waals surface area contributed by atoms with Crippen LogP contribution in [0.1, 0.15) is 37.7 Å². The lowest BCUT2D eigenvalue weighted by Crippen LogP contribution is -2.32. The molecule has 1 fully saturated rings. The smallest absolute Gasteiger partial charge is 0.306 e. The summed E-state index contributed by atoms with van der Waals surface area (Å²) in [5.41, 5.74) is 2.62. The summed E-state index contributed by atoms with van der Waals surface area (Å²) < 4.78 is 5.45. The number of hydrogen-bond donors (Lipinski definition) is 1. The number of para-hydroxylation sites is 1. The summed E-state index contributed by atoms with van der Waals surface area (Å²) >= 11 is 0. The number of carboxylic acids is 1. The molecule has 0 radical (unpaired) electrons. The first-order valence-corrected chi connectivity index (χ1v) is 8.29. The van der Waals surface area contributed by atoms with Crippen LogP contribution in [0.4, 0.5) is 5.69 Å². The van der Waals surface area contributed by atoms with Crippen LogP contribution in [0.25, 0.3) is 0 Å². The molecule has 0 spiro atoms. The van der Waals surface area contributed by atoms with Gasteiger partial charge in [0.1, 0.15) is 0 Å². The van der Waals surface area contributed by atoms with Gasteiger partial charge in [-0.15, -0.1) is 0 Å². The lowest BCUT2D eigenvalue weighted by Gasteiger charge is -2.29. The number of benzene rings is 1. The number of aliphatic carboxylic acids is 1. The van der Waals surface area contributed by atoms with Crippen molar-refractivity contribution in [1.82, 2.24) is 0 Å². The van der Waals surface area contributed by atoms with Crippen LogP contribution in [0.15, 0.2) is 24.3 Å². The Hall–Kier alpha value is -1.55. The van der Waals surface area contributed by atoms with E-state index in [9.17, 15) is 9.90 Å². The highest BCUT2D eigenvalue weighted by atomic mass is 16.5. The van der Waals surface area contributed by atoms with Gasteiger partial charge in [-0.25, -0.2) is 0 Å². The van der Waals surface area contributed by atoms with Gasteiger partial charge in [-0.1, -0.05) is 25.1 Å². The van der Waals surface area contributed by atoms with E-state index in [-0.39, 0.29) is 5.92 Å². The van der Waals surface area contributed by atoms with Gasteiger partial charge in [0.25, 0.3) is 0 Å². The zero-order valence-electron chi connectivity index (χ0n) is 13.2. The number of carboxylic acid groups (broad SMARTS) is 1. The van der Waals surface area contributed by atoms with Gasteiger partial charge in [-0.2, -0.15) is 0 Å². The van der Waals surface area contributed by atoms with E-state index in [1.807, 2.05) is 6.92 Å². The van der Waals surface area contributed by atoms with E-state index in [4.69, 9.17) is 4.74 Å². The molecule has 22 heavy (non-hydrogen) atoms. The second-order valence-electron chi connectivity index (χ2n) is 6.69. The van der Waals surface area contributed by atoms with E-state index in [0.717, 1.165) is 45.6 Å². The maximum atomic E-state index is 11.2. The Morgan fingerprint density at radius 3 is 2.82 bits per heavy atom. The normalized spacial score (nSPS) is 23.3. The largest absolute Gasteiger partial charge is 0.481 e. The molecule has 0 saturated carbocycles. The van der Waals surface area contributed by atoms with Crippen molar-refractivity contribution >= 4 is 11.7 Å². The minimum Gasteiger partial charge on any atom is -0.481 e. The van der Waals surface area contributed by atoms with Crippen LogP contribution in [0.3, 0.4) is 0 Å². The highest BCUT2D eigenvalue weighted by Crippen LogP contribution is 2.40. The minimum absolute atomic E-state index is 0.291. The topological polar surface area (TPSA) is 49.8 Å². The summed E-state index contributed by atoms with van der Waals surface area (Å²) in [6.07, 6.45) is 2.99. The first-order chi connectivity index (χ1) is 10.6. The average Bonchev–Trinajstić information content (AvgIpc) is 2.86. The van der Waals surface area contributed by atoms with Gasteiger partial charge in [0.2, 0.25) is 0 Å². The number of nitrogens with zero attached hydrogens (tertiary/aromatic N) is 1. The van der Waals surface area contributed by atoms with Crippen LogP contribution < -0.4 is 4.90 Å². The lowest BCUT2D eigenvalue weighted by molar-refractivity contribution is -0.141. The standard InChI is InChI=1S/C18H25NO3/c1-13(18(20)21)10-15-12-19(11-14-6-8-22-9-7-14)17-5-3-2-4-16(15)17/h2-5,13-15H,6-12H2,1H3,(H,20,21). The number of hydrogen-bond acceptors (Lipinski definition) is 3. The van der Waals surface area contributed by atoms with Crippen molar-refractivity contribution in [3.63, 3.8) is 0 Å². The molecular weight excluding hydrogens is 278 g/mol. The number of anilines is 1. The Kier molecular flexibility index (Phi) is 4.67. The Morgan fingerprint density at radius 1 is 1.36 bits per heavy atom. The van der Waals surface area contributed by atoms with Crippen molar-refractivity contribution in [2.75, 3.05) is 31.2 Å². The summed E-state index contributed by atoms with van der Waals surface area (Å²) in [5.74, 6) is 0.0426. The molecule has 3 rings (SSSR count). The monoisotopic (exact) mass is 303 g/mol. The van der Waals surface area contributed by atoms with Crippen molar-refractivity contribution in [3.8, 4) is 0 Å². The molecule has 1 aromatic carbocycles. The number of carbonyl (C=O) groups is 1. The van der Waals surface area contributed by atoms with Gasteiger partial charge in [0, 0.05) is 37.9 Å². The molecule has 1 N–H and O–H groups in total. The molecule has 0 aromatic heterocycles. The van der Waals surface area contributed by atoms with E-state index in [2.05, 4.69) is 29.2 Å². The third-order valence-corrected chi connectivity index (χ3v) is 5.04. The number of ether oxygens (including phenoxy) is 1. The van der Waals surface area contributed by atoms with Gasteiger partial charge < -0.3 is 14.7 Å². The van der Waals surface area contributed by atoms with Crippen LogP contribution in [0.2, 0.25) is 0 Å². The quantitative estimate of drug-likeness (QED) is 0.908. The molecule has 2 unspecified atom stereocenters. The molecule has 0 bridgehead atoms. The molecule has 4 heteroatoms. The van der Waals surface area contributed by atoms with Gasteiger partial charge in [0.05, 0.1) is 5.92 Å². The van der Waals surface area contributed by atoms with E-state index < -0.39 is 5.97 Å². The zero-order chi connectivity index (χ0) is 15.5. The maximum absolute atomic E-state index is 11.2. The Labute approximate surface area is 132 Å². The fourth-order valence-corrected chi connectivity index (χ4v) is 3.73. The molecule has 0 aliphatic carbocycles. The second kappa shape index (κ2) is 6.69. The first-order valence-electron chi connectivity index (χ1n) is 8.29. The minimum atomic E-state index is -0.694. The molecule has 4 nitrogen and oxygen atoms in total. The van der Waals surface area contributed by atoms with Gasteiger partial charge in [0.15, 0.2) is 0 Å². The summed E-state index contributed by atoms with van der Waals surface area (Å²) in [6.45, 7) is 5.58. The van der Waals surface area contributed by atoms with Gasteiger partial charge >= 0.3 is 5.97 Å². The van der Waals surface area contributed by atoms with Crippen LogP contribution >= 0.6 is 0 Å². The Morgan fingerprint density at radius 2 is 2.09 bits per heavy atom. The van der Waals surface area contributed by atoms with Gasteiger partial charge in [-0.3, -0.25) is 4.79 Å². The van der Waals surface area contributed by atoms with Crippen LogP contribution in [0, 0.1) is 11.8 Å². The number of fused-ring (bicyclic) bond motifs is 1. The molecule has 0 amide bonds. The SMILES string of the molecule is CC(CC1CN(CC2CCOCC2)c2ccccc21)C(=O)O. The lowest BCUT2D eigenvalue weighted by atomic mass is 9.91. The maximum Gasteiger partial charge on any atom is 0.306 e. The van der Waals surface area contributed by atoms with Crippen LogP contribution in [-0.2, 0) is 9.53 Å². The third-order valence-electron chi connectivity index (χ3n) is 5.04. The molecule has 2 atom stereocenters. The van der Waals surface area contributed by atoms with Crippen LogP contribution in [-0.4, -0.2) is 37.4 Å². The van der Waals surface area contributed by atoms with Crippen molar-refractivity contribution in [3.05, 3.63) is 29.8 Å². The predicted octanol–water partition coefficient (Wildman–Crippen LogP) is 3.13. The predicted molar refractivity (Wildman–Crippen MR) is 86.4 cm³/mol. The summed E-state index contributed by atoms with van der Waals surface area (Å²) in [5, 5.41) is 9.19. The van der Waals surface area contributed by atoms with Gasteiger partial charge in [-0.05, 0) is 36.8 Å². The summed E-state index contributed by atoms with van der Waals surface area (Å²) in [7, 11) is 0. The Balaban J connectivity index is 1.72. The van der Waals surface area contributed by atoms with Crippen molar-refractivity contribution < 1.29 is 14.6 Å². The zero-order valence-corrected chi connectivity index (χ0v) is 13.2. The van der Waals surface area contributed by atoms with E-state index in [1.54, 1.807) is 0 Å². The molecule has 2 aliphatic rings. The fraction of sp³-hybridized carbons (Fsp3) is 0.611.